The molecule has 0 aliphatic carbocycles. The molecule has 2 aromatic rings. The summed E-state index contributed by atoms with van der Waals surface area (Å²) in [6, 6.07) is 7.24. The number of aliphatic carboxylic acids is 1. The van der Waals surface area contributed by atoms with Crippen molar-refractivity contribution in [2.45, 2.75) is 19.4 Å². The molecule has 0 bridgehead atoms. The van der Waals surface area contributed by atoms with Crippen LogP contribution in [0.3, 0.4) is 0 Å². The number of nitrogens with zero attached hydrogens (tertiary/aromatic N) is 5. The van der Waals surface area contributed by atoms with Crippen LogP contribution in [0, 0.1) is 0 Å². The lowest BCUT2D eigenvalue weighted by atomic mass is 10.1. The first-order valence-electron chi connectivity index (χ1n) is 8.26. The largest absolute Gasteiger partial charge is 0.481 e. The van der Waals surface area contributed by atoms with Crippen LogP contribution in [0.2, 0.25) is 0 Å². The maximum Gasteiger partial charge on any atom is 0.304 e. The molecule has 1 aliphatic rings. The summed E-state index contributed by atoms with van der Waals surface area (Å²) in [4.78, 5) is 27.4. The van der Waals surface area contributed by atoms with E-state index in [2.05, 4.69) is 15.2 Å². The Morgan fingerprint density at radius 2 is 1.84 bits per heavy atom. The first kappa shape index (κ1) is 17.1. The molecule has 8 heteroatoms. The zero-order valence-electron chi connectivity index (χ0n) is 14.1. The van der Waals surface area contributed by atoms with Gasteiger partial charge in [0.25, 0.3) is 5.91 Å². The standard InChI is InChI=1S/C17H21N5O3/c1-13(12-16(23)24)20-8-10-21(11-9-20)17(25)14-2-4-15(5-3-14)22-7-6-18-19-22/h2-7,13H,8-12H2,1H3,(H,23,24). The molecule has 2 heterocycles. The Balaban J connectivity index is 1.58. The van der Waals surface area contributed by atoms with Gasteiger partial charge < -0.3 is 10.0 Å². The Hall–Kier alpha value is -2.74. The van der Waals surface area contributed by atoms with Crippen LogP contribution in [0.15, 0.2) is 36.7 Å². The number of amides is 1. The van der Waals surface area contributed by atoms with Gasteiger partial charge in [-0.2, -0.15) is 0 Å². The normalized spacial score (nSPS) is 16.6. The predicted octanol–water partition coefficient (Wildman–Crippen LogP) is 0.888. The molecule has 3 rings (SSSR count). The molecule has 8 nitrogen and oxygen atoms in total. The number of carbonyl (C=O) groups excluding carboxylic acids is 1. The van der Waals surface area contributed by atoms with E-state index in [1.165, 1.54) is 0 Å². The molecule has 1 aromatic heterocycles. The van der Waals surface area contributed by atoms with Crippen molar-refractivity contribution in [2.24, 2.45) is 0 Å². The van der Waals surface area contributed by atoms with E-state index in [0.29, 0.717) is 31.7 Å². The second kappa shape index (κ2) is 7.43. The molecule has 0 spiro atoms. The molecule has 1 aliphatic heterocycles. The van der Waals surface area contributed by atoms with Crippen molar-refractivity contribution in [1.29, 1.82) is 0 Å². The minimum atomic E-state index is -0.793. The third-order valence-corrected chi connectivity index (χ3v) is 4.50. The Morgan fingerprint density at radius 3 is 2.40 bits per heavy atom. The Bertz CT molecular complexity index is 721. The van der Waals surface area contributed by atoms with Gasteiger partial charge in [-0.1, -0.05) is 5.21 Å². The summed E-state index contributed by atoms with van der Waals surface area (Å²) in [5.41, 5.74) is 1.48. The third-order valence-electron chi connectivity index (χ3n) is 4.50. The highest BCUT2D eigenvalue weighted by molar-refractivity contribution is 5.94. The zero-order chi connectivity index (χ0) is 17.8. The number of carboxylic acid groups (broad SMARTS) is 1. The molecular formula is C17H21N5O3. The molecule has 132 valence electrons. The summed E-state index contributed by atoms with van der Waals surface area (Å²) < 4.78 is 1.64. The lowest BCUT2D eigenvalue weighted by molar-refractivity contribution is -0.138. The fourth-order valence-corrected chi connectivity index (χ4v) is 3.03. The van der Waals surface area contributed by atoms with Crippen LogP contribution in [0.1, 0.15) is 23.7 Å². The van der Waals surface area contributed by atoms with Crippen LogP contribution in [-0.2, 0) is 4.79 Å². The molecule has 1 atom stereocenters. The maximum absolute atomic E-state index is 12.6. The Kier molecular flexibility index (Phi) is 5.08. The van der Waals surface area contributed by atoms with Gasteiger partial charge in [0, 0.05) is 37.8 Å². The van der Waals surface area contributed by atoms with Crippen LogP contribution >= 0.6 is 0 Å². The first-order chi connectivity index (χ1) is 12.0. The molecule has 1 fully saturated rings. The van der Waals surface area contributed by atoms with Crippen LogP contribution in [0.25, 0.3) is 5.69 Å². The van der Waals surface area contributed by atoms with Crippen LogP contribution < -0.4 is 0 Å². The minimum absolute atomic E-state index is 0.00400. The Labute approximate surface area is 145 Å². The van der Waals surface area contributed by atoms with E-state index in [9.17, 15) is 9.59 Å². The fourth-order valence-electron chi connectivity index (χ4n) is 3.03. The number of hydrogen-bond donors (Lipinski definition) is 1. The third kappa shape index (κ3) is 4.03. The van der Waals surface area contributed by atoms with Crippen molar-refractivity contribution < 1.29 is 14.7 Å². The molecule has 1 N–H and O–H groups in total. The highest BCUT2D eigenvalue weighted by atomic mass is 16.4. The molecule has 0 saturated carbocycles. The second-order valence-electron chi connectivity index (χ2n) is 6.17. The van der Waals surface area contributed by atoms with Gasteiger partial charge in [-0.05, 0) is 31.2 Å². The van der Waals surface area contributed by atoms with Crippen molar-refractivity contribution in [1.82, 2.24) is 24.8 Å². The first-order valence-corrected chi connectivity index (χ1v) is 8.26. The number of aromatic nitrogens is 3. The molecule has 1 aromatic carbocycles. The average Bonchev–Trinajstić information content (AvgIpc) is 3.15. The Morgan fingerprint density at radius 1 is 1.16 bits per heavy atom. The van der Waals surface area contributed by atoms with E-state index in [4.69, 9.17) is 5.11 Å². The van der Waals surface area contributed by atoms with Crippen molar-refractivity contribution in [2.75, 3.05) is 26.2 Å². The summed E-state index contributed by atoms with van der Waals surface area (Å²) in [6.45, 7) is 4.50. The molecule has 0 radical (unpaired) electrons. The van der Waals surface area contributed by atoms with E-state index in [1.807, 2.05) is 24.0 Å². The van der Waals surface area contributed by atoms with Crippen molar-refractivity contribution in [3.8, 4) is 5.69 Å². The smallest absolute Gasteiger partial charge is 0.304 e. The second-order valence-corrected chi connectivity index (χ2v) is 6.17. The molecule has 1 unspecified atom stereocenters. The quantitative estimate of drug-likeness (QED) is 0.867. The number of carbonyl (C=O) groups is 2. The molecule has 1 amide bonds. The average molecular weight is 343 g/mol. The van der Waals surface area contributed by atoms with E-state index in [0.717, 1.165) is 5.69 Å². The van der Waals surface area contributed by atoms with E-state index < -0.39 is 5.97 Å². The van der Waals surface area contributed by atoms with Crippen molar-refractivity contribution >= 4 is 11.9 Å². The lowest BCUT2D eigenvalue weighted by Crippen LogP contribution is -2.51. The maximum atomic E-state index is 12.6. The zero-order valence-corrected chi connectivity index (χ0v) is 14.1. The number of carboxylic acids is 1. The number of hydrogen-bond acceptors (Lipinski definition) is 5. The SMILES string of the molecule is CC(CC(=O)O)N1CCN(C(=O)c2ccc(-n3ccnn3)cc2)CC1. The highest BCUT2D eigenvalue weighted by Gasteiger charge is 2.25. The van der Waals surface area contributed by atoms with Crippen LogP contribution in [0.5, 0.6) is 0 Å². The number of rotatable bonds is 5. The summed E-state index contributed by atoms with van der Waals surface area (Å²) in [5.74, 6) is -0.797. The minimum Gasteiger partial charge on any atom is -0.481 e. The summed E-state index contributed by atoms with van der Waals surface area (Å²) >= 11 is 0. The van der Waals surface area contributed by atoms with Gasteiger partial charge in [0.05, 0.1) is 24.5 Å². The van der Waals surface area contributed by atoms with Gasteiger partial charge in [0.15, 0.2) is 0 Å². The fraction of sp³-hybridized carbons (Fsp3) is 0.412. The van der Waals surface area contributed by atoms with Crippen LogP contribution in [0.4, 0.5) is 0 Å². The van der Waals surface area contributed by atoms with Crippen molar-refractivity contribution in [3.05, 3.63) is 42.2 Å². The van der Waals surface area contributed by atoms with Crippen molar-refractivity contribution in [3.63, 3.8) is 0 Å². The molecular weight excluding hydrogens is 322 g/mol. The number of piperazine rings is 1. The lowest BCUT2D eigenvalue weighted by Gasteiger charge is -2.37. The topological polar surface area (TPSA) is 91.6 Å². The van der Waals surface area contributed by atoms with E-state index in [1.54, 1.807) is 29.2 Å². The van der Waals surface area contributed by atoms with Gasteiger partial charge >= 0.3 is 5.97 Å². The van der Waals surface area contributed by atoms with Gasteiger partial charge in [-0.15, -0.1) is 5.10 Å². The summed E-state index contributed by atoms with van der Waals surface area (Å²) in [7, 11) is 0. The predicted molar refractivity (Wildman–Crippen MR) is 90.6 cm³/mol. The highest BCUT2D eigenvalue weighted by Crippen LogP contribution is 2.14. The van der Waals surface area contributed by atoms with Gasteiger partial charge in [-0.3, -0.25) is 14.5 Å². The number of benzene rings is 1. The van der Waals surface area contributed by atoms with Gasteiger partial charge in [-0.25, -0.2) is 4.68 Å². The monoisotopic (exact) mass is 343 g/mol. The molecule has 1 saturated heterocycles. The molecule has 25 heavy (non-hydrogen) atoms. The van der Waals surface area contributed by atoms with E-state index in [-0.39, 0.29) is 18.4 Å². The summed E-state index contributed by atoms with van der Waals surface area (Å²) in [5, 5.41) is 16.6. The van der Waals surface area contributed by atoms with Gasteiger partial charge in [0.1, 0.15) is 0 Å². The van der Waals surface area contributed by atoms with Gasteiger partial charge in [0.2, 0.25) is 0 Å². The summed E-state index contributed by atoms with van der Waals surface area (Å²) in [6.07, 6.45) is 3.47. The van der Waals surface area contributed by atoms with E-state index >= 15 is 0 Å². The van der Waals surface area contributed by atoms with Crippen LogP contribution in [-0.4, -0.2) is 74.0 Å².